The Morgan fingerprint density at radius 1 is 1.31 bits per heavy atom. The molecule has 2 rings (SSSR count). The van der Waals surface area contributed by atoms with Gasteiger partial charge in [-0.1, -0.05) is 0 Å². The van der Waals surface area contributed by atoms with E-state index in [9.17, 15) is 18.4 Å². The van der Waals surface area contributed by atoms with E-state index < -0.39 is 24.5 Å². The van der Waals surface area contributed by atoms with Crippen molar-refractivity contribution in [3.05, 3.63) is 39.3 Å². The van der Waals surface area contributed by atoms with Crippen molar-refractivity contribution in [1.82, 2.24) is 10.3 Å². The van der Waals surface area contributed by atoms with Crippen molar-refractivity contribution in [2.24, 2.45) is 0 Å². The van der Waals surface area contributed by atoms with Crippen molar-refractivity contribution < 1.29 is 33.0 Å². The highest BCUT2D eigenvalue weighted by Gasteiger charge is 2.21. The molecule has 0 bridgehead atoms. The van der Waals surface area contributed by atoms with Gasteiger partial charge in [-0.2, -0.15) is 8.78 Å². The summed E-state index contributed by atoms with van der Waals surface area (Å²) in [6.45, 7) is 0.144. The average Bonchev–Trinajstić information content (AvgIpc) is 2.96. The number of carbonyl (C=O) groups is 2. The number of aromatic carboxylic acids is 1. The number of carbonyl (C=O) groups excluding carboxylic acids is 1. The van der Waals surface area contributed by atoms with Gasteiger partial charge in [0, 0.05) is 5.56 Å². The van der Waals surface area contributed by atoms with Crippen LogP contribution in [0.5, 0.6) is 11.5 Å². The molecular weight excluding hydrogens is 370 g/mol. The molecule has 0 radical (unpaired) electrons. The third-order valence-electron chi connectivity index (χ3n) is 3.37. The summed E-state index contributed by atoms with van der Waals surface area (Å²) in [5, 5.41) is 12.1. The van der Waals surface area contributed by atoms with Gasteiger partial charge in [0.05, 0.1) is 18.8 Å². The zero-order chi connectivity index (χ0) is 19.4. The highest BCUT2D eigenvalue weighted by Crippen LogP contribution is 2.30. The first kappa shape index (κ1) is 19.6. The number of hydrogen-bond donors (Lipinski definition) is 2. The fraction of sp³-hybridized carbons (Fsp3) is 0.312. The number of nitrogens with one attached hydrogen (secondary N) is 1. The normalized spacial score (nSPS) is 11.9. The molecule has 1 aromatic heterocycles. The number of carboxylic acids is 1. The molecular formula is C16H16F2N2O5S. The van der Waals surface area contributed by atoms with Crippen LogP contribution in [-0.4, -0.2) is 35.7 Å². The minimum Gasteiger partial charge on any atom is -0.493 e. The lowest BCUT2D eigenvalue weighted by Crippen LogP contribution is -2.26. The molecule has 1 unspecified atom stereocenters. The maximum atomic E-state index is 12.5. The first-order valence-electron chi connectivity index (χ1n) is 7.37. The molecule has 1 atom stereocenters. The molecule has 0 saturated heterocycles. The topological polar surface area (TPSA) is 97.8 Å². The summed E-state index contributed by atoms with van der Waals surface area (Å²) in [5.74, 6) is -1.84. The molecule has 2 aromatic rings. The first-order valence-corrected chi connectivity index (χ1v) is 8.19. The Kier molecular flexibility index (Phi) is 6.09. The summed E-state index contributed by atoms with van der Waals surface area (Å²) in [5.41, 5.74) is 0.440. The third-order valence-corrected chi connectivity index (χ3v) is 4.70. The quantitative estimate of drug-likeness (QED) is 0.758. The molecule has 7 nitrogen and oxygen atoms in total. The molecule has 1 amide bonds. The Morgan fingerprint density at radius 2 is 2.00 bits per heavy atom. The van der Waals surface area contributed by atoms with Crippen molar-refractivity contribution in [2.75, 3.05) is 7.11 Å². The van der Waals surface area contributed by atoms with Gasteiger partial charge in [-0.05, 0) is 32.0 Å². The number of thiazole rings is 1. The van der Waals surface area contributed by atoms with Gasteiger partial charge in [-0.25, -0.2) is 9.78 Å². The number of rotatable bonds is 7. The van der Waals surface area contributed by atoms with Crippen LogP contribution in [0.4, 0.5) is 8.78 Å². The lowest BCUT2D eigenvalue weighted by atomic mass is 10.1. The Hall–Kier alpha value is -2.75. The number of carboxylic acid groups (broad SMARTS) is 1. The number of hydrogen-bond acceptors (Lipinski definition) is 6. The van der Waals surface area contributed by atoms with Crippen molar-refractivity contribution in [3.63, 3.8) is 0 Å². The number of halogens is 2. The number of benzene rings is 1. The highest BCUT2D eigenvalue weighted by atomic mass is 32.1. The van der Waals surface area contributed by atoms with Gasteiger partial charge in [-0.3, -0.25) is 4.79 Å². The van der Waals surface area contributed by atoms with E-state index in [0.29, 0.717) is 10.7 Å². The molecule has 0 aliphatic rings. The fourth-order valence-electron chi connectivity index (χ4n) is 2.15. The fourth-order valence-corrected chi connectivity index (χ4v) is 3.06. The van der Waals surface area contributed by atoms with E-state index in [1.807, 2.05) is 0 Å². The SMILES string of the molecule is COc1ccc(C(=O)NC(C)c2nc(C)c(C(=O)O)s2)cc1OC(F)F. The second-order valence-corrected chi connectivity index (χ2v) is 6.24. The molecule has 1 aromatic carbocycles. The molecule has 0 aliphatic heterocycles. The molecule has 0 aliphatic carbocycles. The summed E-state index contributed by atoms with van der Waals surface area (Å²) in [6, 6.07) is 3.31. The van der Waals surface area contributed by atoms with Crippen LogP contribution in [0.3, 0.4) is 0 Å². The van der Waals surface area contributed by atoms with Crippen LogP contribution >= 0.6 is 11.3 Å². The van der Waals surface area contributed by atoms with Crippen LogP contribution in [0.2, 0.25) is 0 Å². The Labute approximate surface area is 151 Å². The van der Waals surface area contributed by atoms with E-state index in [4.69, 9.17) is 9.84 Å². The highest BCUT2D eigenvalue weighted by molar-refractivity contribution is 7.13. The van der Waals surface area contributed by atoms with Crippen molar-refractivity contribution in [2.45, 2.75) is 26.5 Å². The van der Waals surface area contributed by atoms with Crippen molar-refractivity contribution >= 4 is 23.2 Å². The molecule has 0 spiro atoms. The minimum atomic E-state index is -3.06. The number of amides is 1. The summed E-state index contributed by atoms with van der Waals surface area (Å²) < 4.78 is 34.2. The standard InChI is InChI=1S/C16H16F2N2O5S/c1-7-12(15(22)23)26-14(20-7)8(2)19-13(21)9-4-5-10(24-3)11(6-9)25-16(17)18/h4-6,8,16H,1-3H3,(H,19,21)(H,22,23). The summed E-state index contributed by atoms with van der Waals surface area (Å²) in [7, 11) is 1.29. The van der Waals surface area contributed by atoms with Gasteiger partial charge >= 0.3 is 12.6 Å². The predicted molar refractivity (Wildman–Crippen MR) is 89.3 cm³/mol. The van der Waals surface area contributed by atoms with E-state index in [2.05, 4.69) is 15.0 Å². The second-order valence-electron chi connectivity index (χ2n) is 5.21. The molecule has 10 heteroatoms. The molecule has 0 saturated carbocycles. The Bertz CT molecular complexity index is 825. The zero-order valence-corrected chi connectivity index (χ0v) is 14.9. The van der Waals surface area contributed by atoms with Crippen LogP contribution in [-0.2, 0) is 0 Å². The van der Waals surface area contributed by atoms with E-state index in [1.165, 1.54) is 19.2 Å². The second kappa shape index (κ2) is 8.09. The Balaban J connectivity index is 2.18. The van der Waals surface area contributed by atoms with Crippen molar-refractivity contribution in [1.29, 1.82) is 0 Å². The van der Waals surface area contributed by atoms with Gasteiger partial charge < -0.3 is 19.9 Å². The Morgan fingerprint density at radius 3 is 2.54 bits per heavy atom. The van der Waals surface area contributed by atoms with Crippen molar-refractivity contribution in [3.8, 4) is 11.5 Å². The van der Waals surface area contributed by atoms with Crippen LogP contribution in [0.25, 0.3) is 0 Å². The molecule has 140 valence electrons. The number of nitrogens with zero attached hydrogens (tertiary/aromatic N) is 1. The number of aromatic nitrogens is 1. The maximum absolute atomic E-state index is 12.5. The van der Waals surface area contributed by atoms with Gasteiger partial charge in [0.1, 0.15) is 9.88 Å². The molecule has 2 N–H and O–H groups in total. The average molecular weight is 386 g/mol. The number of methoxy groups -OCH3 is 1. The molecule has 0 fully saturated rings. The lowest BCUT2D eigenvalue weighted by Gasteiger charge is -2.14. The lowest BCUT2D eigenvalue weighted by molar-refractivity contribution is -0.0512. The van der Waals surface area contributed by atoms with E-state index >= 15 is 0 Å². The van der Waals surface area contributed by atoms with Crippen LogP contribution in [0.15, 0.2) is 18.2 Å². The zero-order valence-electron chi connectivity index (χ0n) is 14.1. The minimum absolute atomic E-state index is 0.0662. The van der Waals surface area contributed by atoms with E-state index in [1.54, 1.807) is 13.8 Å². The van der Waals surface area contributed by atoms with E-state index in [-0.39, 0.29) is 21.9 Å². The molecule has 1 heterocycles. The third kappa shape index (κ3) is 4.45. The molecule has 26 heavy (non-hydrogen) atoms. The van der Waals surface area contributed by atoms with Crippen LogP contribution in [0.1, 0.15) is 43.7 Å². The largest absolute Gasteiger partial charge is 0.493 e. The predicted octanol–water partition coefficient (Wildman–Crippen LogP) is 3.25. The van der Waals surface area contributed by atoms with Gasteiger partial charge in [0.2, 0.25) is 0 Å². The number of alkyl halides is 2. The van der Waals surface area contributed by atoms with Crippen LogP contribution < -0.4 is 14.8 Å². The first-order chi connectivity index (χ1) is 12.2. The summed E-state index contributed by atoms with van der Waals surface area (Å²) >= 11 is 0.961. The monoisotopic (exact) mass is 386 g/mol. The number of aryl methyl sites for hydroxylation is 1. The summed E-state index contributed by atoms with van der Waals surface area (Å²) in [4.78, 5) is 27.7. The van der Waals surface area contributed by atoms with Gasteiger partial charge in [-0.15, -0.1) is 11.3 Å². The smallest absolute Gasteiger partial charge is 0.387 e. The van der Waals surface area contributed by atoms with Gasteiger partial charge in [0.15, 0.2) is 11.5 Å². The number of ether oxygens (including phenoxy) is 2. The van der Waals surface area contributed by atoms with E-state index in [0.717, 1.165) is 17.4 Å². The summed E-state index contributed by atoms with van der Waals surface area (Å²) in [6.07, 6.45) is 0. The van der Waals surface area contributed by atoms with Crippen LogP contribution in [0, 0.1) is 6.92 Å². The van der Waals surface area contributed by atoms with Gasteiger partial charge in [0.25, 0.3) is 5.91 Å². The maximum Gasteiger partial charge on any atom is 0.387 e.